The van der Waals surface area contributed by atoms with Gasteiger partial charge in [0.2, 0.25) is 0 Å². The minimum atomic E-state index is -1.11. The van der Waals surface area contributed by atoms with Gasteiger partial charge in [-0.05, 0) is 43.0 Å². The molecule has 10 nitrogen and oxygen atoms in total. The fourth-order valence-corrected chi connectivity index (χ4v) is 4.38. The summed E-state index contributed by atoms with van der Waals surface area (Å²) in [6.45, 7) is 0.384. The average Bonchev–Trinajstić information content (AvgIpc) is 3.54. The van der Waals surface area contributed by atoms with Gasteiger partial charge in [0.1, 0.15) is 30.4 Å². The van der Waals surface area contributed by atoms with Gasteiger partial charge in [-0.3, -0.25) is 9.36 Å². The number of fused-ring (bicyclic) bond motifs is 1. The van der Waals surface area contributed by atoms with Gasteiger partial charge in [0, 0.05) is 12.0 Å². The van der Waals surface area contributed by atoms with E-state index in [1.54, 1.807) is 24.5 Å². The highest BCUT2D eigenvalue weighted by atomic mass is 16.6. The van der Waals surface area contributed by atoms with E-state index in [9.17, 15) is 14.7 Å². The number of carboxylic acid groups (broad SMARTS) is 1. The molecule has 1 fully saturated rings. The van der Waals surface area contributed by atoms with E-state index in [-0.39, 0.29) is 35.7 Å². The SMILES string of the molecule is Nc1ncnc2c1ncn2C1CCC(COc2cccc(CCC(=O)c3ccccc3C(=O)O)c2)O1. The summed E-state index contributed by atoms with van der Waals surface area (Å²) in [4.78, 5) is 36.6. The molecular weight excluding hydrogens is 462 g/mol. The third-order valence-corrected chi connectivity index (χ3v) is 6.22. The van der Waals surface area contributed by atoms with Crippen molar-refractivity contribution in [2.45, 2.75) is 38.0 Å². The number of carboxylic acids is 1. The number of carbonyl (C=O) groups excluding carboxylic acids is 1. The predicted molar refractivity (Wildman–Crippen MR) is 131 cm³/mol. The van der Waals surface area contributed by atoms with Gasteiger partial charge in [0.25, 0.3) is 0 Å². The number of nitrogen functional groups attached to an aromatic ring is 1. The van der Waals surface area contributed by atoms with Crippen LogP contribution in [-0.2, 0) is 11.2 Å². The quantitative estimate of drug-likeness (QED) is 0.338. The van der Waals surface area contributed by atoms with Crippen LogP contribution in [-0.4, -0.2) is 49.1 Å². The molecule has 0 saturated carbocycles. The Kier molecular flexibility index (Phi) is 6.59. The summed E-state index contributed by atoms with van der Waals surface area (Å²) < 4.78 is 14.0. The molecule has 184 valence electrons. The Morgan fingerprint density at radius 3 is 2.75 bits per heavy atom. The summed E-state index contributed by atoms with van der Waals surface area (Å²) in [6, 6.07) is 13.8. The van der Waals surface area contributed by atoms with Crippen molar-refractivity contribution in [1.29, 1.82) is 0 Å². The van der Waals surface area contributed by atoms with Crippen molar-refractivity contribution >= 4 is 28.7 Å². The third-order valence-electron chi connectivity index (χ3n) is 6.22. The topological polar surface area (TPSA) is 142 Å². The molecule has 2 atom stereocenters. The van der Waals surface area contributed by atoms with E-state index in [1.165, 1.54) is 12.4 Å². The van der Waals surface area contributed by atoms with Gasteiger partial charge < -0.3 is 20.3 Å². The van der Waals surface area contributed by atoms with E-state index in [1.807, 2.05) is 28.8 Å². The molecule has 1 saturated heterocycles. The number of aromatic nitrogens is 4. The highest BCUT2D eigenvalue weighted by Crippen LogP contribution is 2.31. The van der Waals surface area contributed by atoms with Crippen molar-refractivity contribution in [2.24, 2.45) is 0 Å². The lowest BCUT2D eigenvalue weighted by Crippen LogP contribution is -2.18. The van der Waals surface area contributed by atoms with E-state index in [2.05, 4.69) is 15.0 Å². The second kappa shape index (κ2) is 10.1. The molecule has 36 heavy (non-hydrogen) atoms. The monoisotopic (exact) mass is 487 g/mol. The van der Waals surface area contributed by atoms with Crippen LogP contribution in [0, 0.1) is 0 Å². The van der Waals surface area contributed by atoms with Gasteiger partial charge >= 0.3 is 5.97 Å². The number of nitrogens with two attached hydrogens (primary N) is 1. The zero-order chi connectivity index (χ0) is 25.1. The molecule has 0 radical (unpaired) electrons. The number of anilines is 1. The summed E-state index contributed by atoms with van der Waals surface area (Å²) in [7, 11) is 0. The molecule has 3 heterocycles. The van der Waals surface area contributed by atoms with E-state index >= 15 is 0 Å². The second-order valence-electron chi connectivity index (χ2n) is 8.61. The zero-order valence-corrected chi connectivity index (χ0v) is 19.4. The minimum Gasteiger partial charge on any atom is -0.491 e. The summed E-state index contributed by atoms with van der Waals surface area (Å²) in [6.07, 6.45) is 5.08. The van der Waals surface area contributed by atoms with Crippen molar-refractivity contribution in [3.63, 3.8) is 0 Å². The first kappa shape index (κ1) is 23.4. The number of ether oxygens (including phenoxy) is 2. The van der Waals surface area contributed by atoms with Crippen LogP contribution in [0.25, 0.3) is 11.2 Å². The normalized spacial score (nSPS) is 17.3. The van der Waals surface area contributed by atoms with E-state index < -0.39 is 5.97 Å². The standard InChI is InChI=1S/C26H25N5O5/c27-24-23-25(29-14-28-24)31(15-30-23)22-11-9-18(36-22)13-35-17-5-3-4-16(12-17)8-10-21(32)19-6-1-2-7-20(19)26(33)34/h1-7,12,14-15,18,22H,8-11,13H2,(H,33,34)(H2,27,28,29). The number of imidazole rings is 1. The molecule has 1 aliphatic rings. The number of carbonyl (C=O) groups is 2. The summed E-state index contributed by atoms with van der Waals surface area (Å²) in [5, 5.41) is 9.32. The highest BCUT2D eigenvalue weighted by molar-refractivity contribution is 6.05. The number of rotatable bonds is 9. The van der Waals surface area contributed by atoms with Crippen LogP contribution in [0.4, 0.5) is 5.82 Å². The molecule has 0 amide bonds. The number of aromatic carboxylic acids is 1. The molecule has 3 N–H and O–H groups in total. The predicted octanol–water partition coefficient (Wildman–Crippen LogP) is 3.68. The molecule has 2 unspecified atom stereocenters. The van der Waals surface area contributed by atoms with Gasteiger partial charge in [-0.1, -0.05) is 30.3 Å². The molecule has 0 bridgehead atoms. The molecule has 0 aliphatic carbocycles. The third kappa shape index (κ3) is 4.89. The molecule has 5 rings (SSSR count). The number of hydrogen-bond donors (Lipinski definition) is 2. The van der Waals surface area contributed by atoms with Gasteiger partial charge in [-0.25, -0.2) is 19.7 Å². The number of aryl methyl sites for hydroxylation is 1. The average molecular weight is 488 g/mol. The molecule has 1 aliphatic heterocycles. The van der Waals surface area contributed by atoms with Crippen molar-refractivity contribution in [3.8, 4) is 5.75 Å². The fourth-order valence-electron chi connectivity index (χ4n) is 4.38. The van der Waals surface area contributed by atoms with Crippen LogP contribution in [0.1, 0.15) is 51.8 Å². The van der Waals surface area contributed by atoms with E-state index in [0.717, 1.165) is 18.4 Å². The Morgan fingerprint density at radius 2 is 1.92 bits per heavy atom. The molecule has 2 aromatic heterocycles. The van der Waals surface area contributed by atoms with Crippen LogP contribution in [0.2, 0.25) is 0 Å². The van der Waals surface area contributed by atoms with Crippen LogP contribution in [0.15, 0.2) is 61.2 Å². The summed E-state index contributed by atoms with van der Waals surface area (Å²) in [5.74, 6) is -0.288. The zero-order valence-electron chi connectivity index (χ0n) is 19.4. The van der Waals surface area contributed by atoms with Crippen molar-refractivity contribution < 1.29 is 24.2 Å². The molecule has 10 heteroatoms. The number of ketones is 1. The molecular formula is C26H25N5O5. The maximum Gasteiger partial charge on any atom is 0.336 e. The van der Waals surface area contributed by atoms with Crippen molar-refractivity contribution in [3.05, 3.63) is 77.9 Å². The smallest absolute Gasteiger partial charge is 0.336 e. The van der Waals surface area contributed by atoms with E-state index in [4.69, 9.17) is 15.2 Å². The Bertz CT molecular complexity index is 1420. The van der Waals surface area contributed by atoms with E-state index in [0.29, 0.717) is 35.8 Å². The van der Waals surface area contributed by atoms with Crippen molar-refractivity contribution in [2.75, 3.05) is 12.3 Å². The van der Waals surface area contributed by atoms with Gasteiger partial charge in [-0.15, -0.1) is 0 Å². The van der Waals surface area contributed by atoms with Crippen LogP contribution < -0.4 is 10.5 Å². The Balaban J connectivity index is 1.16. The number of hydrogen-bond acceptors (Lipinski definition) is 8. The number of Topliss-reactive ketones (excluding diaryl/α,β-unsaturated/α-hetero) is 1. The fraction of sp³-hybridized carbons (Fsp3) is 0.269. The maximum absolute atomic E-state index is 12.6. The molecule has 2 aromatic carbocycles. The summed E-state index contributed by atoms with van der Waals surface area (Å²) >= 11 is 0. The lowest BCUT2D eigenvalue weighted by Gasteiger charge is -2.16. The summed E-state index contributed by atoms with van der Waals surface area (Å²) in [5.41, 5.74) is 8.26. The number of nitrogens with zero attached hydrogens (tertiary/aromatic N) is 4. The first-order valence-electron chi connectivity index (χ1n) is 11.7. The molecule has 0 spiro atoms. The van der Waals surface area contributed by atoms with Gasteiger partial charge in [0.15, 0.2) is 17.2 Å². The Labute approximate surface area is 206 Å². The lowest BCUT2D eigenvalue weighted by molar-refractivity contribution is -0.0158. The first-order chi connectivity index (χ1) is 17.5. The second-order valence-corrected chi connectivity index (χ2v) is 8.61. The van der Waals surface area contributed by atoms with Crippen LogP contribution in [0.3, 0.4) is 0 Å². The minimum absolute atomic E-state index is 0.0223. The van der Waals surface area contributed by atoms with Crippen LogP contribution in [0.5, 0.6) is 5.75 Å². The Hall–Kier alpha value is -4.31. The van der Waals surface area contributed by atoms with Crippen LogP contribution >= 0.6 is 0 Å². The molecule has 4 aromatic rings. The number of benzene rings is 2. The van der Waals surface area contributed by atoms with Crippen molar-refractivity contribution in [1.82, 2.24) is 19.5 Å². The first-order valence-corrected chi connectivity index (χ1v) is 11.7. The Morgan fingerprint density at radius 1 is 1.08 bits per heavy atom. The largest absolute Gasteiger partial charge is 0.491 e. The van der Waals surface area contributed by atoms with Gasteiger partial charge in [0.05, 0.1) is 18.0 Å². The highest BCUT2D eigenvalue weighted by Gasteiger charge is 2.28. The lowest BCUT2D eigenvalue weighted by atomic mass is 9.98. The van der Waals surface area contributed by atoms with Gasteiger partial charge in [-0.2, -0.15) is 0 Å². The maximum atomic E-state index is 12.6.